The fourth-order valence-electron chi connectivity index (χ4n) is 1.35. The number of ether oxygens (including phenoxy) is 1. The van der Waals surface area contributed by atoms with Gasteiger partial charge in [-0.05, 0) is 32.9 Å². The normalized spacial score (nSPS) is 11.5. The van der Waals surface area contributed by atoms with Gasteiger partial charge in [0.1, 0.15) is 11.1 Å². The van der Waals surface area contributed by atoms with Crippen LogP contribution < -0.4 is 5.32 Å². The molecule has 5 heteroatoms. The van der Waals surface area contributed by atoms with Crippen molar-refractivity contribution in [3.8, 4) is 0 Å². The zero-order valence-corrected chi connectivity index (χ0v) is 9.98. The van der Waals surface area contributed by atoms with Crippen LogP contribution in [0.4, 0.5) is 10.5 Å². The quantitative estimate of drug-likeness (QED) is 0.823. The second-order valence-electron chi connectivity index (χ2n) is 4.66. The first-order valence-corrected chi connectivity index (χ1v) is 5.27. The van der Waals surface area contributed by atoms with Crippen molar-refractivity contribution < 1.29 is 13.9 Å². The van der Waals surface area contributed by atoms with E-state index in [9.17, 15) is 4.79 Å². The molecule has 0 aliphatic heterocycles. The number of anilines is 1. The van der Waals surface area contributed by atoms with E-state index in [0.717, 1.165) is 5.52 Å². The maximum absolute atomic E-state index is 11.5. The second-order valence-corrected chi connectivity index (χ2v) is 4.66. The summed E-state index contributed by atoms with van der Waals surface area (Å²) in [6, 6.07) is 5.21. The molecule has 0 fully saturated rings. The Kier molecular flexibility index (Phi) is 2.75. The number of carbonyl (C=O) groups is 1. The van der Waals surface area contributed by atoms with Crippen molar-refractivity contribution in [2.24, 2.45) is 0 Å². The molecule has 2 aromatic rings. The van der Waals surface area contributed by atoms with Crippen LogP contribution in [0.2, 0.25) is 0 Å². The maximum Gasteiger partial charge on any atom is 0.412 e. The van der Waals surface area contributed by atoms with E-state index in [0.29, 0.717) is 11.3 Å². The van der Waals surface area contributed by atoms with E-state index in [2.05, 4.69) is 10.3 Å². The minimum Gasteiger partial charge on any atom is -0.444 e. The van der Waals surface area contributed by atoms with Gasteiger partial charge in [-0.15, -0.1) is 0 Å². The number of amides is 1. The molecule has 0 saturated heterocycles. The van der Waals surface area contributed by atoms with Crippen LogP contribution in [0.5, 0.6) is 0 Å². The summed E-state index contributed by atoms with van der Waals surface area (Å²) in [7, 11) is 0. The van der Waals surface area contributed by atoms with Crippen molar-refractivity contribution >= 4 is 22.9 Å². The van der Waals surface area contributed by atoms with Gasteiger partial charge in [0, 0.05) is 11.8 Å². The molecule has 5 nitrogen and oxygen atoms in total. The van der Waals surface area contributed by atoms with Gasteiger partial charge in [0.2, 0.25) is 0 Å². The van der Waals surface area contributed by atoms with Crippen molar-refractivity contribution in [2.75, 3.05) is 5.32 Å². The Morgan fingerprint density at radius 2 is 2.18 bits per heavy atom. The average molecular weight is 234 g/mol. The number of nitrogens with zero attached hydrogens (tertiary/aromatic N) is 1. The first-order chi connectivity index (χ1) is 7.94. The van der Waals surface area contributed by atoms with Gasteiger partial charge in [-0.3, -0.25) is 5.32 Å². The third-order valence-electron chi connectivity index (χ3n) is 1.98. The van der Waals surface area contributed by atoms with Crippen LogP contribution in [0.1, 0.15) is 20.8 Å². The Bertz CT molecular complexity index is 540. The van der Waals surface area contributed by atoms with Gasteiger partial charge in [0.05, 0.1) is 0 Å². The minimum absolute atomic E-state index is 0.489. The largest absolute Gasteiger partial charge is 0.444 e. The Labute approximate surface area is 98.8 Å². The Morgan fingerprint density at radius 1 is 1.41 bits per heavy atom. The van der Waals surface area contributed by atoms with E-state index in [1.807, 2.05) is 20.8 Å². The minimum atomic E-state index is -0.513. The molecule has 0 atom stereocenters. The molecule has 0 spiro atoms. The smallest absolute Gasteiger partial charge is 0.412 e. The maximum atomic E-state index is 11.5. The number of hydrogen-bond acceptors (Lipinski definition) is 4. The highest BCUT2D eigenvalue weighted by Gasteiger charge is 2.16. The first-order valence-electron chi connectivity index (χ1n) is 5.27. The topological polar surface area (TPSA) is 64.4 Å². The summed E-state index contributed by atoms with van der Waals surface area (Å²) in [5.41, 5.74) is 1.47. The number of oxazole rings is 1. The highest BCUT2D eigenvalue weighted by atomic mass is 16.6. The van der Waals surface area contributed by atoms with Crippen LogP contribution in [0, 0.1) is 0 Å². The third kappa shape index (κ3) is 2.96. The van der Waals surface area contributed by atoms with E-state index in [-0.39, 0.29) is 0 Å². The molecule has 1 aromatic carbocycles. The summed E-state index contributed by atoms with van der Waals surface area (Å²) in [6.07, 6.45) is 0.874. The monoisotopic (exact) mass is 234 g/mol. The van der Waals surface area contributed by atoms with E-state index in [1.54, 1.807) is 18.2 Å². The van der Waals surface area contributed by atoms with Gasteiger partial charge in [0.25, 0.3) is 0 Å². The first kappa shape index (κ1) is 11.4. The number of fused-ring (bicyclic) bond motifs is 1. The Balaban J connectivity index is 2.10. The summed E-state index contributed by atoms with van der Waals surface area (Å²) in [5.74, 6) is 0. The summed E-state index contributed by atoms with van der Waals surface area (Å²) in [6.45, 7) is 5.44. The fourth-order valence-corrected chi connectivity index (χ4v) is 1.35. The van der Waals surface area contributed by atoms with Crippen LogP contribution in [0.25, 0.3) is 11.1 Å². The van der Waals surface area contributed by atoms with Gasteiger partial charge in [0.15, 0.2) is 12.0 Å². The molecular weight excluding hydrogens is 220 g/mol. The zero-order chi connectivity index (χ0) is 12.5. The van der Waals surface area contributed by atoms with E-state index in [4.69, 9.17) is 9.15 Å². The molecule has 1 N–H and O–H groups in total. The van der Waals surface area contributed by atoms with Gasteiger partial charge in [-0.1, -0.05) is 0 Å². The number of aromatic nitrogens is 1. The summed E-state index contributed by atoms with van der Waals surface area (Å²) < 4.78 is 10.3. The molecule has 0 aliphatic rings. The lowest BCUT2D eigenvalue weighted by atomic mass is 10.2. The number of carbonyl (C=O) groups excluding carboxylic acids is 1. The van der Waals surface area contributed by atoms with Crippen LogP contribution in [-0.4, -0.2) is 16.7 Å². The standard InChI is InChI=1S/C12H14N2O3/c1-12(2,3)17-11(15)14-8-4-5-9-10(6-8)16-7-13-9/h4-7H,1-3H3,(H,14,15). The molecule has 2 rings (SSSR count). The number of nitrogens with one attached hydrogen (secondary N) is 1. The van der Waals surface area contributed by atoms with E-state index < -0.39 is 11.7 Å². The lowest BCUT2D eigenvalue weighted by Crippen LogP contribution is -2.27. The van der Waals surface area contributed by atoms with Crippen LogP contribution >= 0.6 is 0 Å². The van der Waals surface area contributed by atoms with Crippen LogP contribution in [-0.2, 0) is 4.74 Å². The number of benzene rings is 1. The predicted molar refractivity (Wildman–Crippen MR) is 63.9 cm³/mol. The van der Waals surface area contributed by atoms with Crippen LogP contribution in [0.15, 0.2) is 29.0 Å². The molecule has 17 heavy (non-hydrogen) atoms. The van der Waals surface area contributed by atoms with Gasteiger partial charge in [-0.2, -0.15) is 0 Å². The lowest BCUT2D eigenvalue weighted by Gasteiger charge is -2.19. The zero-order valence-electron chi connectivity index (χ0n) is 9.98. The Hall–Kier alpha value is -2.04. The number of rotatable bonds is 1. The molecule has 1 aromatic heterocycles. The van der Waals surface area contributed by atoms with Crippen LogP contribution in [0.3, 0.4) is 0 Å². The summed E-state index contributed by atoms with van der Waals surface area (Å²) in [5, 5.41) is 2.63. The van der Waals surface area contributed by atoms with Crippen molar-refractivity contribution in [1.29, 1.82) is 0 Å². The Morgan fingerprint density at radius 3 is 2.88 bits per heavy atom. The molecular formula is C12H14N2O3. The van der Waals surface area contributed by atoms with Crippen molar-refractivity contribution in [3.05, 3.63) is 24.6 Å². The van der Waals surface area contributed by atoms with Gasteiger partial charge < -0.3 is 9.15 Å². The third-order valence-corrected chi connectivity index (χ3v) is 1.98. The summed E-state index contributed by atoms with van der Waals surface area (Å²) in [4.78, 5) is 15.5. The molecule has 90 valence electrons. The number of hydrogen-bond donors (Lipinski definition) is 1. The van der Waals surface area contributed by atoms with Gasteiger partial charge in [-0.25, -0.2) is 9.78 Å². The SMILES string of the molecule is CC(C)(C)OC(=O)Nc1ccc2ncoc2c1. The molecule has 1 heterocycles. The van der Waals surface area contributed by atoms with Crippen molar-refractivity contribution in [3.63, 3.8) is 0 Å². The van der Waals surface area contributed by atoms with Gasteiger partial charge >= 0.3 is 6.09 Å². The molecule has 0 bridgehead atoms. The van der Waals surface area contributed by atoms with E-state index in [1.165, 1.54) is 6.39 Å². The molecule has 0 radical (unpaired) electrons. The average Bonchev–Trinajstić information content (AvgIpc) is 2.61. The van der Waals surface area contributed by atoms with Crippen molar-refractivity contribution in [1.82, 2.24) is 4.98 Å². The highest BCUT2D eigenvalue weighted by Crippen LogP contribution is 2.18. The highest BCUT2D eigenvalue weighted by molar-refractivity contribution is 5.88. The second kappa shape index (κ2) is 4.08. The van der Waals surface area contributed by atoms with Crippen molar-refractivity contribution in [2.45, 2.75) is 26.4 Å². The molecule has 1 amide bonds. The molecule has 0 saturated carbocycles. The molecule has 0 aliphatic carbocycles. The molecule has 0 unspecified atom stereocenters. The summed E-state index contributed by atoms with van der Waals surface area (Å²) >= 11 is 0. The lowest BCUT2D eigenvalue weighted by molar-refractivity contribution is 0.0636. The predicted octanol–water partition coefficient (Wildman–Crippen LogP) is 3.17. The fraction of sp³-hybridized carbons (Fsp3) is 0.333. The van der Waals surface area contributed by atoms with E-state index >= 15 is 0 Å².